The van der Waals surface area contributed by atoms with Crippen molar-refractivity contribution < 1.29 is 14.4 Å². The highest BCUT2D eigenvalue weighted by Crippen LogP contribution is 2.22. The molecule has 174 valence electrons. The van der Waals surface area contributed by atoms with Crippen molar-refractivity contribution in [1.82, 2.24) is 0 Å². The van der Waals surface area contributed by atoms with E-state index in [0.29, 0.717) is 39.3 Å². The smallest absolute Gasteiger partial charge is 0.193 e. The van der Waals surface area contributed by atoms with E-state index in [-0.39, 0.29) is 17.3 Å². The second-order valence-corrected chi connectivity index (χ2v) is 9.30. The fraction of sp³-hybridized carbons (Fsp3) is 0.156. The van der Waals surface area contributed by atoms with Gasteiger partial charge in [0.15, 0.2) is 17.3 Å². The highest BCUT2D eigenvalue weighted by Gasteiger charge is 2.19. The van der Waals surface area contributed by atoms with E-state index in [1.165, 1.54) is 0 Å². The van der Waals surface area contributed by atoms with Gasteiger partial charge in [0.2, 0.25) is 0 Å². The summed E-state index contributed by atoms with van der Waals surface area (Å²) in [6, 6.07) is 26.8. The Balaban J connectivity index is 1.79. The molecule has 0 aliphatic rings. The van der Waals surface area contributed by atoms with Crippen molar-refractivity contribution in [2.45, 2.75) is 33.6 Å². The van der Waals surface area contributed by atoms with Crippen molar-refractivity contribution in [2.75, 3.05) is 0 Å². The third-order valence-electron chi connectivity index (χ3n) is 6.19. The number of carbonyl (C=O) groups excluding carboxylic acids is 3. The SMILES string of the molecule is Cc1ccc(C(=O)c2cc(C(=O)c3ccc(C)cc3)cc(C(=O)c3ccc(C(C)C)cc3)c2)cc1. The molecular weight excluding hydrogens is 432 g/mol. The zero-order valence-corrected chi connectivity index (χ0v) is 20.5. The van der Waals surface area contributed by atoms with E-state index in [2.05, 4.69) is 13.8 Å². The van der Waals surface area contributed by atoms with Crippen LogP contribution in [0.4, 0.5) is 0 Å². The Morgan fingerprint density at radius 3 is 1.03 bits per heavy atom. The minimum Gasteiger partial charge on any atom is -0.289 e. The fourth-order valence-electron chi connectivity index (χ4n) is 3.95. The molecule has 3 heteroatoms. The highest BCUT2D eigenvalue weighted by molar-refractivity contribution is 6.17. The Morgan fingerprint density at radius 1 is 0.457 bits per heavy atom. The lowest BCUT2D eigenvalue weighted by atomic mass is 9.91. The van der Waals surface area contributed by atoms with E-state index >= 15 is 0 Å². The van der Waals surface area contributed by atoms with Gasteiger partial charge in [0.1, 0.15) is 0 Å². The van der Waals surface area contributed by atoms with Crippen molar-refractivity contribution in [1.29, 1.82) is 0 Å². The topological polar surface area (TPSA) is 51.2 Å². The molecule has 4 aromatic carbocycles. The van der Waals surface area contributed by atoms with Crippen molar-refractivity contribution in [3.05, 3.63) is 141 Å². The molecule has 3 nitrogen and oxygen atoms in total. The van der Waals surface area contributed by atoms with Gasteiger partial charge in [0.05, 0.1) is 0 Å². The van der Waals surface area contributed by atoms with Crippen molar-refractivity contribution in [3.8, 4) is 0 Å². The minimum atomic E-state index is -0.229. The molecule has 0 unspecified atom stereocenters. The first kappa shape index (κ1) is 24.0. The summed E-state index contributed by atoms with van der Waals surface area (Å²) in [5.74, 6) is -0.328. The Kier molecular flexibility index (Phi) is 6.88. The predicted octanol–water partition coefficient (Wildman–Crippen LogP) is 7.12. The van der Waals surface area contributed by atoms with E-state index in [4.69, 9.17) is 0 Å². The van der Waals surface area contributed by atoms with Gasteiger partial charge in [0.25, 0.3) is 0 Å². The maximum atomic E-state index is 13.4. The molecule has 0 saturated carbocycles. The Hall–Kier alpha value is -4.11. The summed E-state index contributed by atoms with van der Waals surface area (Å²) in [4.78, 5) is 40.1. The Labute approximate surface area is 206 Å². The molecule has 0 spiro atoms. The van der Waals surface area contributed by atoms with Gasteiger partial charge in [-0.05, 0) is 43.5 Å². The zero-order valence-electron chi connectivity index (χ0n) is 20.5. The average Bonchev–Trinajstić information content (AvgIpc) is 2.88. The van der Waals surface area contributed by atoms with Crippen molar-refractivity contribution in [3.63, 3.8) is 0 Å². The van der Waals surface area contributed by atoms with Crippen molar-refractivity contribution >= 4 is 17.3 Å². The van der Waals surface area contributed by atoms with E-state index in [1.807, 2.05) is 50.2 Å². The second-order valence-electron chi connectivity index (χ2n) is 9.30. The molecule has 0 radical (unpaired) electrons. The Bertz CT molecular complexity index is 1320. The lowest BCUT2D eigenvalue weighted by Crippen LogP contribution is -2.11. The minimum absolute atomic E-state index is 0.225. The van der Waals surface area contributed by atoms with Gasteiger partial charge in [-0.3, -0.25) is 14.4 Å². The van der Waals surface area contributed by atoms with Crippen LogP contribution >= 0.6 is 0 Å². The van der Waals surface area contributed by atoms with Gasteiger partial charge < -0.3 is 0 Å². The number of aryl methyl sites for hydroxylation is 2. The molecule has 0 atom stereocenters. The number of benzene rings is 4. The summed E-state index contributed by atoms with van der Waals surface area (Å²) in [6.07, 6.45) is 0. The normalized spacial score (nSPS) is 10.9. The van der Waals surface area contributed by atoms with Crippen LogP contribution in [0.25, 0.3) is 0 Å². The molecular formula is C32H28O3. The van der Waals surface area contributed by atoms with Crippen LogP contribution in [0.1, 0.15) is 84.2 Å². The largest absolute Gasteiger partial charge is 0.289 e. The maximum Gasteiger partial charge on any atom is 0.193 e. The molecule has 0 aromatic heterocycles. The molecule has 0 aliphatic heterocycles. The fourth-order valence-corrected chi connectivity index (χ4v) is 3.95. The second kappa shape index (κ2) is 10.0. The molecule has 4 rings (SSSR count). The van der Waals surface area contributed by atoms with Gasteiger partial charge in [-0.2, -0.15) is 0 Å². The van der Waals surface area contributed by atoms with Crippen molar-refractivity contribution in [2.24, 2.45) is 0 Å². The van der Waals surface area contributed by atoms with Crippen LogP contribution in [-0.2, 0) is 0 Å². The molecule has 0 fully saturated rings. The van der Waals surface area contributed by atoms with E-state index < -0.39 is 0 Å². The molecule has 0 aliphatic carbocycles. The first-order chi connectivity index (χ1) is 16.7. The van der Waals surface area contributed by atoms with Crippen LogP contribution in [0.15, 0.2) is 91.0 Å². The van der Waals surface area contributed by atoms with Crippen LogP contribution in [0.2, 0.25) is 0 Å². The van der Waals surface area contributed by atoms with Gasteiger partial charge in [-0.25, -0.2) is 0 Å². The number of hydrogen-bond donors (Lipinski definition) is 0. The van der Waals surface area contributed by atoms with Crippen LogP contribution in [0.5, 0.6) is 0 Å². The first-order valence-corrected chi connectivity index (χ1v) is 11.8. The third kappa shape index (κ3) is 5.36. The first-order valence-electron chi connectivity index (χ1n) is 11.8. The van der Waals surface area contributed by atoms with Crippen LogP contribution < -0.4 is 0 Å². The van der Waals surface area contributed by atoms with Gasteiger partial charge >= 0.3 is 0 Å². The number of carbonyl (C=O) groups is 3. The summed E-state index contributed by atoms with van der Waals surface area (Å²) in [6.45, 7) is 8.10. The van der Waals surface area contributed by atoms with E-state index in [1.54, 1.807) is 54.6 Å². The third-order valence-corrected chi connectivity index (χ3v) is 6.19. The standard InChI is InChI=1S/C32H28O3/c1-20(2)23-13-15-26(16-14-23)32(35)29-18-27(30(33)24-9-5-21(3)6-10-24)17-28(19-29)31(34)25-11-7-22(4)8-12-25/h5-20H,1-4H3. The van der Waals surface area contributed by atoms with Gasteiger partial charge in [-0.1, -0.05) is 97.8 Å². The zero-order chi connectivity index (χ0) is 25.1. The molecule has 0 N–H and O–H groups in total. The van der Waals surface area contributed by atoms with E-state index in [0.717, 1.165) is 16.7 Å². The lowest BCUT2D eigenvalue weighted by Gasteiger charge is -2.11. The number of hydrogen-bond acceptors (Lipinski definition) is 3. The summed E-state index contributed by atoms with van der Waals surface area (Å²) >= 11 is 0. The molecule has 4 aromatic rings. The Morgan fingerprint density at radius 2 is 0.743 bits per heavy atom. The average molecular weight is 461 g/mol. The maximum absolute atomic E-state index is 13.4. The highest BCUT2D eigenvalue weighted by atomic mass is 16.1. The van der Waals surface area contributed by atoms with Crippen LogP contribution in [0, 0.1) is 13.8 Å². The van der Waals surface area contributed by atoms with Crippen LogP contribution in [-0.4, -0.2) is 17.3 Å². The van der Waals surface area contributed by atoms with Crippen LogP contribution in [0.3, 0.4) is 0 Å². The van der Waals surface area contributed by atoms with Gasteiger partial charge in [0, 0.05) is 33.4 Å². The monoisotopic (exact) mass is 460 g/mol. The summed E-state index contributed by atoms with van der Waals surface area (Å²) in [5.41, 5.74) is 5.71. The predicted molar refractivity (Wildman–Crippen MR) is 140 cm³/mol. The number of ketones is 3. The number of rotatable bonds is 7. The molecule has 0 saturated heterocycles. The lowest BCUT2D eigenvalue weighted by molar-refractivity contribution is 0.103. The summed E-state index contributed by atoms with van der Waals surface area (Å²) in [5, 5.41) is 0. The molecule has 0 heterocycles. The summed E-state index contributed by atoms with van der Waals surface area (Å²) < 4.78 is 0. The molecule has 0 amide bonds. The van der Waals surface area contributed by atoms with Gasteiger partial charge in [-0.15, -0.1) is 0 Å². The summed E-state index contributed by atoms with van der Waals surface area (Å²) in [7, 11) is 0. The molecule has 35 heavy (non-hydrogen) atoms. The quantitative estimate of drug-likeness (QED) is 0.276. The molecule has 0 bridgehead atoms. The van der Waals surface area contributed by atoms with E-state index in [9.17, 15) is 14.4 Å².